The van der Waals surface area contributed by atoms with Crippen LogP contribution >= 0.6 is 12.2 Å². The lowest BCUT2D eigenvalue weighted by Crippen LogP contribution is -2.10. The molecule has 14 heavy (non-hydrogen) atoms. The standard InChI is InChI=1S/C10H11N3S/c1-2-8-12-9(10(11)14)7-5-3-4-6-13(7)8/h3-6H,2H2,1H3,(H2,11,14). The maximum absolute atomic E-state index is 5.60. The Morgan fingerprint density at radius 1 is 1.57 bits per heavy atom. The molecule has 4 heteroatoms. The largest absolute Gasteiger partial charge is 0.388 e. The second-order valence-electron chi connectivity index (χ2n) is 3.05. The van der Waals surface area contributed by atoms with E-state index in [-0.39, 0.29) is 0 Å². The molecule has 2 aromatic heterocycles. The third kappa shape index (κ3) is 1.28. The van der Waals surface area contributed by atoms with E-state index in [0.717, 1.165) is 23.5 Å². The lowest BCUT2D eigenvalue weighted by molar-refractivity contribution is 0.932. The molecule has 0 spiro atoms. The molecule has 2 N–H and O–H groups in total. The van der Waals surface area contributed by atoms with Crippen LogP contribution < -0.4 is 5.73 Å². The highest BCUT2D eigenvalue weighted by atomic mass is 32.1. The fourth-order valence-electron chi connectivity index (χ4n) is 1.53. The van der Waals surface area contributed by atoms with E-state index in [1.54, 1.807) is 0 Å². The van der Waals surface area contributed by atoms with E-state index < -0.39 is 0 Å². The topological polar surface area (TPSA) is 43.3 Å². The smallest absolute Gasteiger partial charge is 0.124 e. The number of thiocarbonyl (C=S) groups is 1. The summed E-state index contributed by atoms with van der Waals surface area (Å²) in [4.78, 5) is 4.76. The molecule has 0 bridgehead atoms. The summed E-state index contributed by atoms with van der Waals surface area (Å²) in [5.41, 5.74) is 7.31. The number of hydrogen-bond donors (Lipinski definition) is 1. The van der Waals surface area contributed by atoms with Gasteiger partial charge < -0.3 is 10.1 Å². The van der Waals surface area contributed by atoms with Crippen molar-refractivity contribution in [3.05, 3.63) is 35.9 Å². The van der Waals surface area contributed by atoms with Crippen molar-refractivity contribution in [3.63, 3.8) is 0 Å². The van der Waals surface area contributed by atoms with Gasteiger partial charge in [-0.1, -0.05) is 25.2 Å². The summed E-state index contributed by atoms with van der Waals surface area (Å²) >= 11 is 4.95. The van der Waals surface area contributed by atoms with E-state index in [1.807, 2.05) is 28.8 Å². The number of aryl methyl sites for hydroxylation is 1. The van der Waals surface area contributed by atoms with E-state index in [9.17, 15) is 0 Å². The average molecular weight is 205 g/mol. The van der Waals surface area contributed by atoms with E-state index in [0.29, 0.717) is 4.99 Å². The molecule has 0 radical (unpaired) electrons. The maximum atomic E-state index is 5.60. The fraction of sp³-hybridized carbons (Fsp3) is 0.200. The summed E-state index contributed by atoms with van der Waals surface area (Å²) in [7, 11) is 0. The minimum atomic E-state index is 0.355. The number of pyridine rings is 1. The number of nitrogens with two attached hydrogens (primary N) is 1. The Kier molecular flexibility index (Phi) is 2.21. The van der Waals surface area contributed by atoms with Crippen molar-refractivity contribution >= 4 is 22.7 Å². The Balaban J connectivity index is 2.80. The van der Waals surface area contributed by atoms with Gasteiger partial charge in [-0.05, 0) is 12.1 Å². The van der Waals surface area contributed by atoms with Crippen LogP contribution in [-0.4, -0.2) is 14.4 Å². The molecule has 0 unspecified atom stereocenters. The Bertz CT molecular complexity index is 487. The highest BCUT2D eigenvalue weighted by Gasteiger charge is 2.10. The molecule has 0 aliphatic carbocycles. The Morgan fingerprint density at radius 2 is 2.36 bits per heavy atom. The first-order chi connectivity index (χ1) is 6.74. The molecule has 2 rings (SSSR count). The second kappa shape index (κ2) is 3.38. The van der Waals surface area contributed by atoms with Gasteiger partial charge in [0.1, 0.15) is 16.5 Å². The first kappa shape index (κ1) is 9.15. The van der Waals surface area contributed by atoms with Gasteiger partial charge in [-0.25, -0.2) is 4.98 Å². The summed E-state index contributed by atoms with van der Waals surface area (Å²) in [6, 6.07) is 5.90. The highest BCUT2D eigenvalue weighted by molar-refractivity contribution is 7.80. The van der Waals surface area contributed by atoms with Crippen LogP contribution in [0.2, 0.25) is 0 Å². The number of imidazole rings is 1. The van der Waals surface area contributed by atoms with E-state index in [4.69, 9.17) is 18.0 Å². The first-order valence-electron chi connectivity index (χ1n) is 4.49. The molecule has 3 nitrogen and oxygen atoms in total. The molecule has 0 aliphatic heterocycles. The maximum Gasteiger partial charge on any atom is 0.124 e. The van der Waals surface area contributed by atoms with Crippen LogP contribution in [0.5, 0.6) is 0 Å². The van der Waals surface area contributed by atoms with Gasteiger partial charge in [-0.15, -0.1) is 0 Å². The minimum absolute atomic E-state index is 0.355. The van der Waals surface area contributed by atoms with E-state index >= 15 is 0 Å². The summed E-state index contributed by atoms with van der Waals surface area (Å²) in [5, 5.41) is 0. The second-order valence-corrected chi connectivity index (χ2v) is 3.49. The van der Waals surface area contributed by atoms with Gasteiger partial charge in [-0.2, -0.15) is 0 Å². The van der Waals surface area contributed by atoms with Gasteiger partial charge in [0, 0.05) is 12.6 Å². The number of hydrogen-bond acceptors (Lipinski definition) is 2. The average Bonchev–Trinajstić information content (AvgIpc) is 2.56. The summed E-state index contributed by atoms with van der Waals surface area (Å²) < 4.78 is 2.02. The Hall–Kier alpha value is -1.42. The molecule has 0 saturated heterocycles. The monoisotopic (exact) mass is 205 g/mol. The van der Waals surface area contributed by atoms with Crippen molar-refractivity contribution in [2.45, 2.75) is 13.3 Å². The van der Waals surface area contributed by atoms with Crippen LogP contribution in [0.3, 0.4) is 0 Å². The summed E-state index contributed by atoms with van der Waals surface area (Å²) in [6.45, 7) is 2.06. The molecule has 2 heterocycles. The lowest BCUT2D eigenvalue weighted by Gasteiger charge is -1.96. The predicted octanol–water partition coefficient (Wildman–Crippen LogP) is 1.53. The van der Waals surface area contributed by atoms with Crippen molar-refractivity contribution in [2.75, 3.05) is 0 Å². The molecule has 72 valence electrons. The summed E-state index contributed by atoms with van der Waals surface area (Å²) in [6.07, 6.45) is 2.84. The van der Waals surface area contributed by atoms with Crippen molar-refractivity contribution < 1.29 is 0 Å². The number of aromatic nitrogens is 2. The molecule has 2 aromatic rings. The Labute approximate surface area is 87.6 Å². The lowest BCUT2D eigenvalue weighted by atomic mass is 10.3. The Morgan fingerprint density at radius 3 is 3.00 bits per heavy atom. The first-order valence-corrected chi connectivity index (χ1v) is 4.90. The zero-order valence-electron chi connectivity index (χ0n) is 7.90. The van der Waals surface area contributed by atoms with Gasteiger partial charge >= 0.3 is 0 Å². The van der Waals surface area contributed by atoms with E-state index in [1.165, 1.54) is 0 Å². The number of rotatable bonds is 2. The molecule has 0 aromatic carbocycles. The van der Waals surface area contributed by atoms with Gasteiger partial charge in [0.25, 0.3) is 0 Å². The third-order valence-electron chi connectivity index (χ3n) is 2.17. The molecule has 0 atom stereocenters. The van der Waals surface area contributed by atoms with Crippen LogP contribution in [0.25, 0.3) is 5.52 Å². The van der Waals surface area contributed by atoms with Gasteiger partial charge in [0.05, 0.1) is 5.52 Å². The minimum Gasteiger partial charge on any atom is -0.388 e. The third-order valence-corrected chi connectivity index (χ3v) is 2.36. The number of fused-ring (bicyclic) bond motifs is 1. The molecule has 0 fully saturated rings. The molecular formula is C10H11N3S. The van der Waals surface area contributed by atoms with Crippen molar-refractivity contribution in [1.82, 2.24) is 9.38 Å². The van der Waals surface area contributed by atoms with Crippen LogP contribution in [0.1, 0.15) is 18.4 Å². The normalized spacial score (nSPS) is 10.6. The number of nitrogens with zero attached hydrogens (tertiary/aromatic N) is 2. The van der Waals surface area contributed by atoms with Crippen molar-refractivity contribution in [1.29, 1.82) is 0 Å². The molecular weight excluding hydrogens is 194 g/mol. The van der Waals surface area contributed by atoms with Crippen LogP contribution in [-0.2, 0) is 6.42 Å². The molecule has 0 aliphatic rings. The van der Waals surface area contributed by atoms with Crippen LogP contribution in [0.15, 0.2) is 24.4 Å². The summed E-state index contributed by atoms with van der Waals surface area (Å²) in [5.74, 6) is 0.989. The quantitative estimate of drug-likeness (QED) is 0.756. The highest BCUT2D eigenvalue weighted by Crippen LogP contribution is 2.13. The van der Waals surface area contributed by atoms with Gasteiger partial charge in [0.15, 0.2) is 0 Å². The van der Waals surface area contributed by atoms with Crippen molar-refractivity contribution in [2.24, 2.45) is 5.73 Å². The molecule has 0 saturated carbocycles. The fourth-order valence-corrected chi connectivity index (χ4v) is 1.68. The molecule has 0 amide bonds. The zero-order valence-corrected chi connectivity index (χ0v) is 8.71. The SMILES string of the molecule is CCc1nc(C(N)=S)c2ccccn12. The van der Waals surface area contributed by atoms with Crippen LogP contribution in [0.4, 0.5) is 0 Å². The van der Waals surface area contributed by atoms with Crippen LogP contribution in [0, 0.1) is 0 Å². The van der Waals surface area contributed by atoms with Gasteiger partial charge in [-0.3, -0.25) is 0 Å². The van der Waals surface area contributed by atoms with E-state index in [2.05, 4.69) is 11.9 Å². The predicted molar refractivity (Wildman–Crippen MR) is 60.5 cm³/mol. The van der Waals surface area contributed by atoms with Crippen molar-refractivity contribution in [3.8, 4) is 0 Å². The van der Waals surface area contributed by atoms with Gasteiger partial charge in [0.2, 0.25) is 0 Å². The zero-order chi connectivity index (χ0) is 10.1.